The van der Waals surface area contributed by atoms with Crippen molar-refractivity contribution in [3.63, 3.8) is 0 Å². The number of hydrogen-bond donors (Lipinski definition) is 2. The second-order valence-electron chi connectivity index (χ2n) is 7.42. The molecule has 5 heteroatoms. The zero-order chi connectivity index (χ0) is 19.3. The van der Waals surface area contributed by atoms with E-state index in [1.54, 1.807) is 24.4 Å². The first-order chi connectivity index (χ1) is 13.7. The van der Waals surface area contributed by atoms with Crippen molar-refractivity contribution < 1.29 is 9.59 Å². The molecular weight excluding hydrogens is 350 g/mol. The molecule has 0 bridgehead atoms. The van der Waals surface area contributed by atoms with Gasteiger partial charge >= 0.3 is 0 Å². The normalized spacial score (nSPS) is 19.1. The second kappa shape index (κ2) is 8.40. The van der Waals surface area contributed by atoms with Crippen molar-refractivity contribution in [1.29, 1.82) is 0 Å². The Bertz CT molecular complexity index is 894. The topological polar surface area (TPSA) is 61.4 Å². The number of likely N-dealkylation sites (tertiary alicyclic amines) is 1. The number of imide groups is 1. The molecule has 2 amide bonds. The first-order valence-electron chi connectivity index (χ1n) is 9.94. The summed E-state index contributed by atoms with van der Waals surface area (Å²) >= 11 is 0. The van der Waals surface area contributed by atoms with Gasteiger partial charge in [0.25, 0.3) is 11.8 Å². The third-order valence-corrected chi connectivity index (χ3v) is 5.38. The van der Waals surface area contributed by atoms with Gasteiger partial charge in [-0.1, -0.05) is 43.2 Å². The number of benzene rings is 2. The van der Waals surface area contributed by atoms with E-state index in [1.807, 2.05) is 18.2 Å². The first kappa shape index (κ1) is 18.4. The van der Waals surface area contributed by atoms with Crippen LogP contribution in [-0.4, -0.2) is 29.8 Å². The van der Waals surface area contributed by atoms with Crippen molar-refractivity contribution in [2.75, 3.05) is 18.4 Å². The zero-order valence-corrected chi connectivity index (χ0v) is 15.9. The molecule has 0 aromatic heterocycles. The molecule has 2 aromatic carbocycles. The minimum Gasteiger partial charge on any atom is -0.361 e. The van der Waals surface area contributed by atoms with Crippen molar-refractivity contribution in [2.24, 2.45) is 0 Å². The van der Waals surface area contributed by atoms with Crippen molar-refractivity contribution >= 4 is 23.1 Å². The van der Waals surface area contributed by atoms with Gasteiger partial charge in [0.05, 0.1) is 5.57 Å². The van der Waals surface area contributed by atoms with E-state index < -0.39 is 0 Å². The largest absolute Gasteiger partial charge is 0.361 e. The molecule has 28 heavy (non-hydrogen) atoms. The van der Waals surface area contributed by atoms with E-state index in [2.05, 4.69) is 27.7 Å². The van der Waals surface area contributed by atoms with Crippen LogP contribution in [-0.2, 0) is 11.3 Å². The molecule has 1 saturated heterocycles. The highest BCUT2D eigenvalue weighted by molar-refractivity contribution is 6.31. The Morgan fingerprint density at radius 1 is 0.857 bits per heavy atom. The number of amides is 2. The molecule has 0 aliphatic carbocycles. The molecule has 2 aliphatic heterocycles. The lowest BCUT2D eigenvalue weighted by atomic mass is 9.96. The van der Waals surface area contributed by atoms with E-state index >= 15 is 0 Å². The first-order valence-corrected chi connectivity index (χ1v) is 9.94. The minimum absolute atomic E-state index is 0.351. The van der Waals surface area contributed by atoms with Crippen molar-refractivity contribution in [2.45, 2.75) is 32.2 Å². The van der Waals surface area contributed by atoms with Crippen LogP contribution in [0.4, 0.5) is 5.69 Å². The van der Waals surface area contributed by atoms with E-state index in [0.29, 0.717) is 16.7 Å². The van der Waals surface area contributed by atoms with Crippen LogP contribution in [0.3, 0.4) is 0 Å². The van der Waals surface area contributed by atoms with Gasteiger partial charge in [-0.2, -0.15) is 0 Å². The van der Waals surface area contributed by atoms with Gasteiger partial charge in [0, 0.05) is 29.6 Å². The molecule has 0 radical (unpaired) electrons. The lowest BCUT2D eigenvalue weighted by Gasteiger charge is -2.20. The summed E-state index contributed by atoms with van der Waals surface area (Å²) in [7, 11) is 0. The maximum atomic E-state index is 12.2. The lowest BCUT2D eigenvalue weighted by Crippen LogP contribution is -2.36. The smallest absolute Gasteiger partial charge is 0.260 e. The fraction of sp³-hybridized carbons (Fsp3) is 0.304. The van der Waals surface area contributed by atoms with E-state index in [0.717, 1.165) is 12.2 Å². The summed E-state index contributed by atoms with van der Waals surface area (Å²) < 4.78 is 0. The Labute approximate surface area is 165 Å². The van der Waals surface area contributed by atoms with Crippen molar-refractivity contribution in [1.82, 2.24) is 10.2 Å². The van der Waals surface area contributed by atoms with E-state index in [-0.39, 0.29) is 11.8 Å². The molecule has 2 aromatic rings. The van der Waals surface area contributed by atoms with Crippen LogP contribution in [0.5, 0.6) is 0 Å². The van der Waals surface area contributed by atoms with Crippen LogP contribution in [0.25, 0.3) is 5.57 Å². The summed E-state index contributed by atoms with van der Waals surface area (Å²) in [5, 5.41) is 5.58. The summed E-state index contributed by atoms with van der Waals surface area (Å²) in [6, 6.07) is 15.5. The molecule has 2 N–H and O–H groups in total. The Kier molecular flexibility index (Phi) is 5.53. The van der Waals surface area contributed by atoms with Crippen LogP contribution in [0, 0.1) is 0 Å². The van der Waals surface area contributed by atoms with Crippen LogP contribution in [0.1, 0.15) is 47.2 Å². The van der Waals surface area contributed by atoms with Crippen LogP contribution < -0.4 is 10.6 Å². The number of rotatable bonds is 4. The average molecular weight is 375 g/mol. The lowest BCUT2D eigenvalue weighted by molar-refractivity contribution is -0.114. The van der Waals surface area contributed by atoms with E-state index in [4.69, 9.17) is 0 Å². The third-order valence-electron chi connectivity index (χ3n) is 5.38. The zero-order valence-electron chi connectivity index (χ0n) is 15.9. The van der Waals surface area contributed by atoms with Crippen molar-refractivity contribution in [3.05, 3.63) is 71.4 Å². The molecule has 4 rings (SSSR count). The predicted molar refractivity (Wildman–Crippen MR) is 111 cm³/mol. The van der Waals surface area contributed by atoms with Crippen LogP contribution in [0.2, 0.25) is 0 Å². The highest BCUT2D eigenvalue weighted by atomic mass is 16.2. The van der Waals surface area contributed by atoms with E-state index in [1.165, 1.54) is 44.3 Å². The summed E-state index contributed by atoms with van der Waals surface area (Å²) in [5.74, 6) is -0.732. The summed E-state index contributed by atoms with van der Waals surface area (Å²) in [5.41, 5.74) is 3.84. The predicted octanol–water partition coefficient (Wildman–Crippen LogP) is 3.79. The maximum absolute atomic E-state index is 12.2. The van der Waals surface area contributed by atoms with Gasteiger partial charge in [-0.15, -0.1) is 0 Å². The fourth-order valence-corrected chi connectivity index (χ4v) is 3.83. The molecule has 0 spiro atoms. The van der Waals surface area contributed by atoms with Crippen molar-refractivity contribution in [3.8, 4) is 0 Å². The second-order valence-corrected chi connectivity index (χ2v) is 7.42. The van der Waals surface area contributed by atoms with Gasteiger partial charge in [-0.05, 0) is 49.7 Å². The number of carbonyl (C=O) groups is 2. The summed E-state index contributed by atoms with van der Waals surface area (Å²) in [6.07, 6.45) is 6.94. The number of anilines is 1. The number of hydrogen-bond acceptors (Lipinski definition) is 4. The molecule has 5 nitrogen and oxygen atoms in total. The molecule has 0 atom stereocenters. The number of fused-ring (bicyclic) bond motifs is 1. The highest BCUT2D eigenvalue weighted by Gasteiger charge is 2.26. The van der Waals surface area contributed by atoms with Gasteiger partial charge in [-0.3, -0.25) is 19.8 Å². The van der Waals surface area contributed by atoms with E-state index in [9.17, 15) is 9.59 Å². The molecule has 0 unspecified atom stereocenters. The standard InChI is InChI=1S/C23H25N3O2/c27-22-20-8-4-3-7-19(20)21(23(28)25-22)15-24-18-11-9-17(10-12-18)16-26-13-5-1-2-6-14-26/h3-4,7-12,15,24H,1-2,5-6,13-14,16H2,(H,25,27,28)/b21-15-. The minimum atomic E-state index is -0.381. The van der Waals surface area contributed by atoms with Gasteiger partial charge < -0.3 is 5.32 Å². The Hall–Kier alpha value is -2.92. The number of nitrogens with one attached hydrogen (secondary N) is 2. The average Bonchev–Trinajstić information content (AvgIpc) is 2.98. The van der Waals surface area contributed by atoms with Gasteiger partial charge in [0.1, 0.15) is 0 Å². The number of carbonyl (C=O) groups excluding carboxylic acids is 2. The monoisotopic (exact) mass is 375 g/mol. The van der Waals surface area contributed by atoms with Crippen LogP contribution in [0.15, 0.2) is 54.7 Å². The molecule has 144 valence electrons. The van der Waals surface area contributed by atoms with Gasteiger partial charge in [0.15, 0.2) is 0 Å². The maximum Gasteiger partial charge on any atom is 0.260 e. The summed E-state index contributed by atoms with van der Waals surface area (Å²) in [4.78, 5) is 26.7. The molecular formula is C23H25N3O2. The number of nitrogens with zero attached hydrogens (tertiary/aromatic N) is 1. The van der Waals surface area contributed by atoms with Gasteiger partial charge in [0.2, 0.25) is 0 Å². The Morgan fingerprint density at radius 3 is 2.25 bits per heavy atom. The highest BCUT2D eigenvalue weighted by Crippen LogP contribution is 2.24. The molecule has 1 fully saturated rings. The Balaban J connectivity index is 1.45. The quantitative estimate of drug-likeness (QED) is 0.631. The Morgan fingerprint density at radius 2 is 1.54 bits per heavy atom. The molecule has 2 aliphatic rings. The molecule has 2 heterocycles. The molecule has 0 saturated carbocycles. The third kappa shape index (κ3) is 4.15. The van der Waals surface area contributed by atoms with Gasteiger partial charge in [-0.25, -0.2) is 0 Å². The summed E-state index contributed by atoms with van der Waals surface area (Å²) in [6.45, 7) is 3.35. The SMILES string of the molecule is O=C1NC(=O)c2ccccc2/C1=C/Nc1ccc(CN2CCCCCC2)cc1. The van der Waals surface area contributed by atoms with Crippen LogP contribution >= 0.6 is 0 Å². The fourth-order valence-electron chi connectivity index (χ4n) is 3.83.